The van der Waals surface area contributed by atoms with Crippen molar-refractivity contribution in [1.29, 1.82) is 0 Å². The second-order valence-electron chi connectivity index (χ2n) is 6.17. The van der Waals surface area contributed by atoms with Crippen LogP contribution in [0.1, 0.15) is 40.5 Å². The minimum absolute atomic E-state index is 0.275. The number of ether oxygens (including phenoxy) is 1. The third-order valence-corrected chi connectivity index (χ3v) is 3.12. The van der Waals surface area contributed by atoms with E-state index in [0.717, 1.165) is 12.6 Å². The minimum atomic E-state index is -0.707. The van der Waals surface area contributed by atoms with Crippen LogP contribution in [-0.4, -0.2) is 46.5 Å². The number of rotatable bonds is 2. The summed E-state index contributed by atoms with van der Waals surface area (Å²) in [6, 6.07) is 0. The second kappa shape index (κ2) is 5.53. The van der Waals surface area contributed by atoms with Gasteiger partial charge >= 0.3 is 12.3 Å². The molecule has 0 N–H and O–H groups in total. The normalized spacial score (nSPS) is 23.5. The summed E-state index contributed by atoms with van der Waals surface area (Å²) in [7, 11) is 0. The van der Waals surface area contributed by atoms with Crippen LogP contribution in [0.15, 0.2) is 0 Å². The molecule has 0 aromatic rings. The molecule has 1 rings (SSSR count). The van der Waals surface area contributed by atoms with Gasteiger partial charge in [-0.05, 0) is 33.6 Å². The van der Waals surface area contributed by atoms with E-state index < -0.39 is 17.1 Å². The third kappa shape index (κ3) is 4.17. The quantitative estimate of drug-likeness (QED) is 0.435. The maximum Gasteiger partial charge on any atom is 0.410 e. The fourth-order valence-electron chi connectivity index (χ4n) is 2.13. The van der Waals surface area contributed by atoms with Crippen LogP contribution in [0.3, 0.4) is 0 Å². The van der Waals surface area contributed by atoms with Crippen LogP contribution >= 0.6 is 0 Å². The number of likely N-dealkylation sites (tertiary alicyclic amines) is 1. The van der Waals surface area contributed by atoms with E-state index in [2.05, 4.69) is 4.79 Å². The molecule has 1 heterocycles. The van der Waals surface area contributed by atoms with E-state index in [4.69, 9.17) is 10.3 Å². The number of nitrogens with zero attached hydrogens (tertiary/aromatic N) is 3. The van der Waals surface area contributed by atoms with Gasteiger partial charge in [-0.15, -0.1) is 0 Å². The van der Waals surface area contributed by atoms with Crippen molar-refractivity contribution in [2.24, 2.45) is 5.41 Å². The zero-order chi connectivity index (χ0) is 14.7. The molecule has 6 heteroatoms. The molecule has 1 aliphatic heterocycles. The van der Waals surface area contributed by atoms with E-state index in [1.54, 1.807) is 27.7 Å². The van der Waals surface area contributed by atoms with Crippen molar-refractivity contribution in [3.05, 3.63) is 5.53 Å². The SMILES string of the molecule is CC(C)(C)OC(=O)N1CCCC(C)(C(=O)C=[N+]=[N-])C1. The lowest BCUT2D eigenvalue weighted by atomic mass is 9.78. The summed E-state index contributed by atoms with van der Waals surface area (Å²) in [6.45, 7) is 8.04. The molecule has 1 aliphatic rings. The average molecular weight is 267 g/mol. The molecular formula is C13H21N3O3. The summed E-state index contributed by atoms with van der Waals surface area (Å²) in [5.74, 6) is -0.275. The lowest BCUT2D eigenvalue weighted by Gasteiger charge is -2.38. The van der Waals surface area contributed by atoms with Crippen LogP contribution in [0.4, 0.5) is 4.79 Å². The van der Waals surface area contributed by atoms with Gasteiger partial charge in [0.25, 0.3) is 0 Å². The molecule has 1 saturated heterocycles. The number of carbonyl (C=O) groups is 2. The molecule has 1 atom stereocenters. The zero-order valence-electron chi connectivity index (χ0n) is 12.0. The van der Waals surface area contributed by atoms with E-state index in [1.807, 2.05) is 0 Å². The first-order valence-electron chi connectivity index (χ1n) is 6.38. The Kier molecular flexibility index (Phi) is 4.48. The molecule has 1 unspecified atom stereocenters. The summed E-state index contributed by atoms with van der Waals surface area (Å²) in [6.07, 6.45) is 1.88. The maximum absolute atomic E-state index is 12.0. The maximum atomic E-state index is 12.0. The van der Waals surface area contributed by atoms with Gasteiger partial charge in [-0.1, -0.05) is 6.92 Å². The topological polar surface area (TPSA) is 83.0 Å². The summed E-state index contributed by atoms with van der Waals surface area (Å²) < 4.78 is 5.30. The minimum Gasteiger partial charge on any atom is -0.444 e. The van der Waals surface area contributed by atoms with E-state index >= 15 is 0 Å². The Morgan fingerprint density at radius 3 is 2.58 bits per heavy atom. The largest absolute Gasteiger partial charge is 0.444 e. The highest BCUT2D eigenvalue weighted by molar-refractivity contribution is 6.27. The monoisotopic (exact) mass is 267 g/mol. The molecule has 1 fully saturated rings. The van der Waals surface area contributed by atoms with Crippen molar-refractivity contribution in [1.82, 2.24) is 4.90 Å². The second-order valence-corrected chi connectivity index (χ2v) is 6.17. The molecule has 106 valence electrons. The highest BCUT2D eigenvalue weighted by Gasteiger charge is 2.41. The van der Waals surface area contributed by atoms with E-state index in [0.29, 0.717) is 13.0 Å². The third-order valence-electron chi connectivity index (χ3n) is 3.12. The smallest absolute Gasteiger partial charge is 0.410 e. The highest BCUT2D eigenvalue weighted by Crippen LogP contribution is 2.30. The fraction of sp³-hybridized carbons (Fsp3) is 0.769. The van der Waals surface area contributed by atoms with Crippen molar-refractivity contribution < 1.29 is 19.1 Å². The predicted octanol–water partition coefficient (Wildman–Crippen LogP) is 1.89. The van der Waals surface area contributed by atoms with Crippen LogP contribution in [0, 0.1) is 5.41 Å². The molecule has 0 spiro atoms. The molecule has 6 nitrogen and oxygen atoms in total. The van der Waals surface area contributed by atoms with Crippen molar-refractivity contribution in [3.8, 4) is 0 Å². The Bertz CT molecular complexity index is 421. The van der Waals surface area contributed by atoms with Gasteiger partial charge in [-0.3, -0.25) is 4.79 Å². The van der Waals surface area contributed by atoms with Gasteiger partial charge in [0.2, 0.25) is 5.78 Å². The molecule has 0 aromatic carbocycles. The van der Waals surface area contributed by atoms with Crippen molar-refractivity contribution in [2.45, 2.75) is 46.1 Å². The Morgan fingerprint density at radius 1 is 1.42 bits per heavy atom. The summed E-state index contributed by atoms with van der Waals surface area (Å²) in [5.41, 5.74) is 7.19. The molecular weight excluding hydrogens is 246 g/mol. The van der Waals surface area contributed by atoms with Crippen molar-refractivity contribution in [2.75, 3.05) is 13.1 Å². The van der Waals surface area contributed by atoms with Gasteiger partial charge in [0.15, 0.2) is 0 Å². The first-order chi connectivity index (χ1) is 8.68. The molecule has 0 aliphatic carbocycles. The molecule has 0 saturated carbocycles. The number of carbonyl (C=O) groups excluding carboxylic acids is 2. The number of piperidine rings is 1. The Morgan fingerprint density at radius 2 is 2.05 bits per heavy atom. The van der Waals surface area contributed by atoms with Crippen LogP contribution in [0.5, 0.6) is 0 Å². The predicted molar refractivity (Wildman–Crippen MR) is 69.8 cm³/mol. The van der Waals surface area contributed by atoms with E-state index in [1.165, 1.54) is 4.90 Å². The molecule has 1 amide bonds. The van der Waals surface area contributed by atoms with Crippen molar-refractivity contribution in [3.63, 3.8) is 0 Å². The van der Waals surface area contributed by atoms with Crippen LogP contribution in [-0.2, 0) is 9.53 Å². The van der Waals surface area contributed by atoms with Crippen molar-refractivity contribution >= 4 is 18.1 Å². The number of amides is 1. The lowest BCUT2D eigenvalue weighted by molar-refractivity contribution is -0.126. The van der Waals surface area contributed by atoms with Gasteiger partial charge < -0.3 is 15.2 Å². The average Bonchev–Trinajstić information content (AvgIpc) is 2.27. The molecule has 19 heavy (non-hydrogen) atoms. The first-order valence-corrected chi connectivity index (χ1v) is 6.38. The van der Waals surface area contributed by atoms with Gasteiger partial charge in [0, 0.05) is 13.1 Å². The molecule has 0 radical (unpaired) electrons. The standard InChI is InChI=1S/C13H21N3O3/c1-12(2,3)19-11(18)16-7-5-6-13(4,9-16)10(17)8-15-14/h8H,5-7,9H2,1-4H3. The van der Waals surface area contributed by atoms with E-state index in [-0.39, 0.29) is 12.3 Å². The van der Waals surface area contributed by atoms with Gasteiger partial charge in [0.05, 0.1) is 5.41 Å². The van der Waals surface area contributed by atoms with Crippen LogP contribution in [0.25, 0.3) is 5.53 Å². The number of ketones is 1. The molecule has 0 aromatic heterocycles. The summed E-state index contributed by atoms with van der Waals surface area (Å²) >= 11 is 0. The van der Waals surface area contributed by atoms with Gasteiger partial charge in [-0.25, -0.2) is 4.79 Å². The highest BCUT2D eigenvalue weighted by atomic mass is 16.6. The zero-order valence-corrected chi connectivity index (χ0v) is 12.0. The first kappa shape index (κ1) is 15.4. The van der Waals surface area contributed by atoms with Crippen LogP contribution in [0.2, 0.25) is 0 Å². The lowest BCUT2D eigenvalue weighted by Crippen LogP contribution is -2.50. The number of hydrogen-bond acceptors (Lipinski definition) is 3. The van der Waals surface area contributed by atoms with Gasteiger partial charge in [-0.2, -0.15) is 4.79 Å². The molecule has 0 bridgehead atoms. The Balaban J connectivity index is 2.77. The number of hydrogen-bond donors (Lipinski definition) is 0. The summed E-state index contributed by atoms with van der Waals surface area (Å²) in [4.78, 5) is 28.2. The van der Waals surface area contributed by atoms with Gasteiger partial charge in [0.1, 0.15) is 5.60 Å². The Hall–Kier alpha value is -1.68. The fourth-order valence-corrected chi connectivity index (χ4v) is 2.13. The summed E-state index contributed by atoms with van der Waals surface area (Å²) in [5, 5.41) is 0. The van der Waals surface area contributed by atoms with E-state index in [9.17, 15) is 9.59 Å². The van der Waals surface area contributed by atoms with Crippen LogP contribution < -0.4 is 0 Å². The number of Topliss-reactive ketones (excluding diaryl/α,β-unsaturated/α-hetero) is 1. The Labute approximate surface area is 113 Å².